The average molecular weight is 572 g/mol. The Kier molecular flexibility index (Phi) is 9.88. The van der Waals surface area contributed by atoms with Crippen molar-refractivity contribution < 1.29 is 24.2 Å². The molecule has 4 rings (SSSR count). The average Bonchev–Trinajstić information content (AvgIpc) is 2.91. The van der Waals surface area contributed by atoms with E-state index in [0.717, 1.165) is 36.0 Å². The molecule has 3 N–H and O–H groups in total. The van der Waals surface area contributed by atoms with Crippen molar-refractivity contribution in [1.82, 2.24) is 15.5 Å². The lowest BCUT2D eigenvalue weighted by atomic mass is 9.87. The van der Waals surface area contributed by atoms with Gasteiger partial charge in [0.1, 0.15) is 23.4 Å². The van der Waals surface area contributed by atoms with Crippen LogP contribution in [0, 0.1) is 6.92 Å². The Morgan fingerprint density at radius 2 is 1.57 bits per heavy atom. The molecule has 1 aliphatic carbocycles. The number of aryl methyl sites for hydroxylation is 1. The molecule has 0 heterocycles. The van der Waals surface area contributed by atoms with Gasteiger partial charge in [-0.2, -0.15) is 0 Å². The predicted molar refractivity (Wildman–Crippen MR) is 162 cm³/mol. The Morgan fingerprint density at radius 1 is 0.929 bits per heavy atom. The minimum atomic E-state index is -1.00. The maximum absolute atomic E-state index is 14.5. The number of carbonyl (C=O) groups is 3. The molecule has 8 heteroatoms. The monoisotopic (exact) mass is 571 g/mol. The fourth-order valence-electron chi connectivity index (χ4n) is 4.95. The van der Waals surface area contributed by atoms with Gasteiger partial charge in [0, 0.05) is 19.0 Å². The molecular weight excluding hydrogens is 530 g/mol. The van der Waals surface area contributed by atoms with E-state index in [1.165, 1.54) is 0 Å². The molecule has 1 aliphatic rings. The van der Waals surface area contributed by atoms with Crippen molar-refractivity contribution in [3.05, 3.63) is 101 Å². The zero-order valence-corrected chi connectivity index (χ0v) is 24.8. The standard InChI is InChI=1S/C34H41N3O5/c1-23-13-17-26(18-14-23)30(31(39)35-22-25-9-6-5-7-10-25)37(27-11-8-12-27)32(40)29(36-33(41)42-34(2,3)4)21-24-15-19-28(38)20-16-24/h5-7,9-10,13-20,27,29-30,38H,8,11-12,21-22H2,1-4H3,(H,35,39)(H,36,41). The number of rotatable bonds is 10. The van der Waals surface area contributed by atoms with Crippen molar-refractivity contribution >= 4 is 17.9 Å². The van der Waals surface area contributed by atoms with Crippen LogP contribution in [-0.4, -0.2) is 45.6 Å². The van der Waals surface area contributed by atoms with Gasteiger partial charge in [-0.3, -0.25) is 9.59 Å². The normalized spacial score (nSPS) is 14.7. The molecule has 0 aliphatic heterocycles. The van der Waals surface area contributed by atoms with Gasteiger partial charge in [-0.15, -0.1) is 0 Å². The van der Waals surface area contributed by atoms with Gasteiger partial charge in [-0.1, -0.05) is 72.3 Å². The number of nitrogens with one attached hydrogen (secondary N) is 2. The van der Waals surface area contributed by atoms with Crippen LogP contribution in [0.4, 0.5) is 4.79 Å². The molecule has 42 heavy (non-hydrogen) atoms. The van der Waals surface area contributed by atoms with Gasteiger partial charge < -0.3 is 25.4 Å². The maximum Gasteiger partial charge on any atom is 0.408 e. The number of alkyl carbamates (subject to hydrolysis) is 1. The fourth-order valence-corrected chi connectivity index (χ4v) is 4.95. The molecule has 3 aromatic carbocycles. The quantitative estimate of drug-likeness (QED) is 0.295. The molecule has 3 amide bonds. The van der Waals surface area contributed by atoms with Crippen LogP contribution in [0.5, 0.6) is 5.75 Å². The summed E-state index contributed by atoms with van der Waals surface area (Å²) in [4.78, 5) is 43.1. The zero-order chi connectivity index (χ0) is 30.3. The molecule has 2 atom stereocenters. The van der Waals surface area contributed by atoms with Crippen LogP contribution >= 0.6 is 0 Å². The number of benzene rings is 3. The molecule has 0 radical (unpaired) electrons. The van der Waals surface area contributed by atoms with Crippen LogP contribution in [0.2, 0.25) is 0 Å². The van der Waals surface area contributed by atoms with E-state index in [4.69, 9.17) is 4.74 Å². The van der Waals surface area contributed by atoms with E-state index in [-0.39, 0.29) is 30.0 Å². The maximum atomic E-state index is 14.5. The highest BCUT2D eigenvalue weighted by atomic mass is 16.6. The van der Waals surface area contributed by atoms with Crippen LogP contribution in [0.3, 0.4) is 0 Å². The molecule has 0 spiro atoms. The predicted octanol–water partition coefficient (Wildman–Crippen LogP) is 5.58. The van der Waals surface area contributed by atoms with Gasteiger partial charge >= 0.3 is 6.09 Å². The number of carbonyl (C=O) groups excluding carboxylic acids is 3. The van der Waals surface area contributed by atoms with Crippen LogP contribution in [0.25, 0.3) is 0 Å². The zero-order valence-electron chi connectivity index (χ0n) is 24.8. The Labute approximate surface area is 248 Å². The molecule has 1 saturated carbocycles. The van der Waals surface area contributed by atoms with Gasteiger partial charge in [0.25, 0.3) is 0 Å². The van der Waals surface area contributed by atoms with E-state index in [2.05, 4.69) is 10.6 Å². The second-order valence-corrected chi connectivity index (χ2v) is 11.9. The molecule has 2 unspecified atom stereocenters. The summed E-state index contributed by atoms with van der Waals surface area (Å²) in [5, 5.41) is 15.6. The number of phenols is 1. The van der Waals surface area contributed by atoms with Crippen molar-refractivity contribution in [2.75, 3.05) is 0 Å². The van der Waals surface area contributed by atoms with Crippen molar-refractivity contribution in [2.45, 2.75) is 83.6 Å². The summed E-state index contributed by atoms with van der Waals surface area (Å²) in [7, 11) is 0. The summed E-state index contributed by atoms with van der Waals surface area (Å²) in [6.07, 6.45) is 1.92. The Bertz CT molecular complexity index is 1350. The third kappa shape index (κ3) is 8.35. The van der Waals surface area contributed by atoms with Crippen molar-refractivity contribution in [1.29, 1.82) is 0 Å². The Hall–Kier alpha value is -4.33. The molecule has 8 nitrogen and oxygen atoms in total. The van der Waals surface area contributed by atoms with Crippen molar-refractivity contribution in [2.24, 2.45) is 0 Å². The SMILES string of the molecule is Cc1ccc(C(C(=O)NCc2ccccc2)N(C(=O)C(Cc2ccc(O)cc2)NC(=O)OC(C)(C)C)C2CCC2)cc1. The molecule has 0 saturated heterocycles. The molecule has 222 valence electrons. The number of hydrogen-bond donors (Lipinski definition) is 3. The summed E-state index contributed by atoms with van der Waals surface area (Å²) in [6.45, 7) is 7.57. The Morgan fingerprint density at radius 3 is 2.14 bits per heavy atom. The van der Waals surface area contributed by atoms with Crippen LogP contribution in [-0.2, 0) is 27.3 Å². The lowest BCUT2D eigenvalue weighted by Gasteiger charge is -2.43. The van der Waals surface area contributed by atoms with E-state index in [1.807, 2.05) is 61.5 Å². The third-order valence-electron chi connectivity index (χ3n) is 7.32. The Balaban J connectivity index is 1.69. The number of phenolic OH excluding ortho intramolecular Hbond substituents is 1. The molecule has 3 aromatic rings. The molecule has 0 bridgehead atoms. The number of ether oxygens (including phenoxy) is 1. The second-order valence-electron chi connectivity index (χ2n) is 11.9. The van der Waals surface area contributed by atoms with E-state index in [0.29, 0.717) is 12.1 Å². The number of amides is 3. The highest BCUT2D eigenvalue weighted by Gasteiger charge is 2.42. The summed E-state index contributed by atoms with van der Waals surface area (Å²) in [5.74, 6) is -0.546. The van der Waals surface area contributed by atoms with Gasteiger partial charge in [-0.25, -0.2) is 4.79 Å². The minimum absolute atomic E-state index is 0.104. The molecule has 1 fully saturated rings. The third-order valence-corrected chi connectivity index (χ3v) is 7.32. The number of aromatic hydroxyl groups is 1. The van der Waals surface area contributed by atoms with Crippen molar-refractivity contribution in [3.8, 4) is 5.75 Å². The van der Waals surface area contributed by atoms with Crippen molar-refractivity contribution in [3.63, 3.8) is 0 Å². The lowest BCUT2D eigenvalue weighted by molar-refractivity contribution is -0.147. The summed E-state index contributed by atoms with van der Waals surface area (Å²) in [6, 6.07) is 21.7. The van der Waals surface area contributed by atoms with Crippen LogP contribution in [0.15, 0.2) is 78.9 Å². The topological polar surface area (TPSA) is 108 Å². The lowest BCUT2D eigenvalue weighted by Crippen LogP contribution is -2.58. The van der Waals surface area contributed by atoms with Crippen LogP contribution in [0.1, 0.15) is 68.3 Å². The summed E-state index contributed by atoms with van der Waals surface area (Å²) < 4.78 is 5.51. The number of nitrogens with zero attached hydrogens (tertiary/aromatic N) is 1. The highest BCUT2D eigenvalue weighted by molar-refractivity contribution is 5.92. The minimum Gasteiger partial charge on any atom is -0.508 e. The van der Waals surface area contributed by atoms with E-state index in [1.54, 1.807) is 49.9 Å². The van der Waals surface area contributed by atoms with Gasteiger partial charge in [-0.05, 0) is 75.8 Å². The first-order chi connectivity index (χ1) is 20.0. The van der Waals surface area contributed by atoms with Gasteiger partial charge in [0.05, 0.1) is 0 Å². The largest absolute Gasteiger partial charge is 0.508 e. The van der Waals surface area contributed by atoms with Crippen LogP contribution < -0.4 is 10.6 Å². The fraction of sp³-hybridized carbons (Fsp3) is 0.382. The molecule has 0 aromatic heterocycles. The summed E-state index contributed by atoms with van der Waals surface area (Å²) >= 11 is 0. The van der Waals surface area contributed by atoms with E-state index >= 15 is 0 Å². The highest BCUT2D eigenvalue weighted by Crippen LogP contribution is 2.34. The first-order valence-corrected chi connectivity index (χ1v) is 14.5. The first kappa shape index (κ1) is 30.6. The summed E-state index contributed by atoms with van der Waals surface area (Å²) in [5.41, 5.74) is 2.68. The molecular formula is C34H41N3O5. The smallest absolute Gasteiger partial charge is 0.408 e. The first-order valence-electron chi connectivity index (χ1n) is 14.5. The van der Waals surface area contributed by atoms with E-state index < -0.39 is 23.8 Å². The van der Waals surface area contributed by atoms with Gasteiger partial charge in [0.2, 0.25) is 11.8 Å². The van der Waals surface area contributed by atoms with Gasteiger partial charge in [0.15, 0.2) is 0 Å². The number of hydrogen-bond acceptors (Lipinski definition) is 5. The van der Waals surface area contributed by atoms with E-state index in [9.17, 15) is 19.5 Å². The second kappa shape index (κ2) is 13.6.